The monoisotopic (exact) mass is 489 g/mol. The minimum absolute atomic E-state index is 0.0207. The van der Waals surface area contributed by atoms with Gasteiger partial charge in [-0.1, -0.05) is 12.1 Å². The number of benzene rings is 1. The Morgan fingerprint density at radius 3 is 2.34 bits per heavy atom. The fourth-order valence-corrected chi connectivity index (χ4v) is 7.10. The van der Waals surface area contributed by atoms with Crippen molar-refractivity contribution in [2.45, 2.75) is 75.8 Å². The minimum Gasteiger partial charge on any atom is -0.469 e. The molecule has 0 saturated heterocycles. The lowest BCUT2D eigenvalue weighted by Gasteiger charge is -2.57. The normalized spacial score (nSPS) is 33.1. The SMILES string of the molecule is COC(=O)C12CC3CC(C1)C(N=C(NC#N)C1(OCc4ccc(C(F)(F)F)cc4)CCC1)C(C3)C2. The van der Waals surface area contributed by atoms with Crippen molar-refractivity contribution in [3.8, 4) is 6.19 Å². The second-order valence-electron chi connectivity index (χ2n) is 10.8. The summed E-state index contributed by atoms with van der Waals surface area (Å²) < 4.78 is 50.0. The van der Waals surface area contributed by atoms with Crippen LogP contribution in [-0.2, 0) is 27.1 Å². The second kappa shape index (κ2) is 8.81. The molecule has 0 radical (unpaired) electrons. The number of hydrogen-bond acceptors (Lipinski definition) is 5. The molecule has 5 fully saturated rings. The molecule has 0 spiro atoms. The maximum absolute atomic E-state index is 12.9. The highest BCUT2D eigenvalue weighted by molar-refractivity contribution is 5.92. The van der Waals surface area contributed by atoms with Crippen LogP contribution in [0.1, 0.15) is 62.5 Å². The maximum Gasteiger partial charge on any atom is 0.416 e. The molecule has 5 aliphatic carbocycles. The van der Waals surface area contributed by atoms with Crippen LogP contribution < -0.4 is 5.32 Å². The number of ether oxygens (including phenoxy) is 2. The molecule has 5 saturated carbocycles. The third-order valence-electron chi connectivity index (χ3n) is 8.68. The first-order valence-corrected chi connectivity index (χ1v) is 12.3. The van der Waals surface area contributed by atoms with Crippen LogP contribution in [0.2, 0.25) is 0 Å². The average molecular weight is 490 g/mol. The Labute approximate surface area is 202 Å². The number of methoxy groups -OCH3 is 1. The molecule has 1 aromatic rings. The molecule has 9 heteroatoms. The number of nitriles is 1. The number of rotatable bonds is 6. The Balaban J connectivity index is 1.34. The minimum atomic E-state index is -4.38. The largest absolute Gasteiger partial charge is 0.469 e. The summed E-state index contributed by atoms with van der Waals surface area (Å²) in [5.74, 6) is 1.46. The van der Waals surface area contributed by atoms with E-state index in [1.165, 1.54) is 19.2 Å². The number of aliphatic imine (C=N–C) groups is 1. The van der Waals surface area contributed by atoms with Crippen molar-refractivity contribution in [1.29, 1.82) is 5.26 Å². The molecule has 4 bridgehead atoms. The zero-order chi connectivity index (χ0) is 24.8. The fraction of sp³-hybridized carbons (Fsp3) is 0.654. The first-order valence-electron chi connectivity index (χ1n) is 12.3. The second-order valence-corrected chi connectivity index (χ2v) is 10.8. The lowest BCUT2D eigenvalue weighted by Crippen LogP contribution is -2.58. The van der Waals surface area contributed by atoms with Gasteiger partial charge in [0.25, 0.3) is 0 Å². The first kappa shape index (κ1) is 24.1. The Bertz CT molecular complexity index is 1030. The Morgan fingerprint density at radius 2 is 1.83 bits per heavy atom. The molecule has 1 aromatic carbocycles. The molecular weight excluding hydrogens is 459 g/mol. The molecule has 0 aromatic heterocycles. The smallest absolute Gasteiger partial charge is 0.416 e. The van der Waals surface area contributed by atoms with Gasteiger partial charge < -0.3 is 9.47 Å². The van der Waals surface area contributed by atoms with Crippen LogP contribution in [-0.4, -0.2) is 30.6 Å². The van der Waals surface area contributed by atoms with Gasteiger partial charge in [-0.05, 0) is 86.8 Å². The van der Waals surface area contributed by atoms with Gasteiger partial charge in [0.1, 0.15) is 11.4 Å². The van der Waals surface area contributed by atoms with Gasteiger partial charge in [-0.25, -0.2) is 0 Å². The summed E-state index contributed by atoms with van der Waals surface area (Å²) in [5.41, 5.74) is -1.20. The molecule has 35 heavy (non-hydrogen) atoms. The van der Waals surface area contributed by atoms with E-state index in [0.29, 0.717) is 30.2 Å². The summed E-state index contributed by atoms with van der Waals surface area (Å²) >= 11 is 0. The van der Waals surface area contributed by atoms with Crippen LogP contribution in [0.15, 0.2) is 29.3 Å². The third-order valence-corrected chi connectivity index (χ3v) is 8.68. The molecule has 188 valence electrons. The lowest BCUT2D eigenvalue weighted by molar-refractivity contribution is -0.169. The van der Waals surface area contributed by atoms with Gasteiger partial charge in [-0.15, -0.1) is 0 Å². The number of esters is 1. The van der Waals surface area contributed by atoms with Gasteiger partial charge in [0.05, 0.1) is 30.7 Å². The van der Waals surface area contributed by atoms with Crippen molar-refractivity contribution >= 4 is 11.8 Å². The van der Waals surface area contributed by atoms with E-state index in [4.69, 9.17) is 14.5 Å². The summed E-state index contributed by atoms with van der Waals surface area (Å²) in [6.45, 7) is 0.134. The van der Waals surface area contributed by atoms with Crippen molar-refractivity contribution in [1.82, 2.24) is 5.32 Å². The summed E-state index contributed by atoms with van der Waals surface area (Å²) in [5, 5.41) is 12.3. The van der Waals surface area contributed by atoms with E-state index in [1.54, 1.807) is 0 Å². The Kier molecular flexibility index (Phi) is 6.07. The summed E-state index contributed by atoms with van der Waals surface area (Å²) in [6, 6.07) is 4.98. The topological polar surface area (TPSA) is 83.7 Å². The number of carbonyl (C=O) groups excluding carboxylic acids is 1. The Hall–Kier alpha value is -2.60. The molecule has 1 N–H and O–H groups in total. The van der Waals surface area contributed by atoms with Crippen LogP contribution >= 0.6 is 0 Å². The maximum atomic E-state index is 12.9. The average Bonchev–Trinajstić information content (AvgIpc) is 2.79. The van der Waals surface area contributed by atoms with E-state index < -0.39 is 22.8 Å². The van der Waals surface area contributed by atoms with Crippen LogP contribution in [0.3, 0.4) is 0 Å². The zero-order valence-corrected chi connectivity index (χ0v) is 19.7. The zero-order valence-electron chi connectivity index (χ0n) is 19.7. The number of halogens is 3. The predicted octanol–water partition coefficient (Wildman–Crippen LogP) is 4.98. The quantitative estimate of drug-likeness (QED) is 0.200. The molecule has 0 amide bonds. The number of amidine groups is 1. The van der Waals surface area contributed by atoms with E-state index in [-0.39, 0.29) is 30.5 Å². The molecule has 6 rings (SSSR count). The first-order chi connectivity index (χ1) is 16.7. The van der Waals surface area contributed by atoms with E-state index in [2.05, 4.69) is 5.32 Å². The molecule has 2 unspecified atom stereocenters. The van der Waals surface area contributed by atoms with Gasteiger partial charge in [0.15, 0.2) is 6.19 Å². The van der Waals surface area contributed by atoms with Crippen LogP contribution in [0.4, 0.5) is 13.2 Å². The van der Waals surface area contributed by atoms with Crippen LogP contribution in [0.25, 0.3) is 0 Å². The third kappa shape index (κ3) is 4.31. The van der Waals surface area contributed by atoms with E-state index in [9.17, 15) is 23.2 Å². The van der Waals surface area contributed by atoms with Crippen LogP contribution in [0.5, 0.6) is 0 Å². The number of hydrogen-bond donors (Lipinski definition) is 1. The highest BCUT2D eigenvalue weighted by atomic mass is 19.4. The number of alkyl halides is 3. The summed E-state index contributed by atoms with van der Waals surface area (Å²) in [7, 11) is 1.46. The molecule has 5 aliphatic rings. The van der Waals surface area contributed by atoms with E-state index >= 15 is 0 Å². The summed E-state index contributed by atoms with van der Waals surface area (Å²) in [4.78, 5) is 17.7. The van der Waals surface area contributed by atoms with Crippen molar-refractivity contribution < 1.29 is 27.4 Å². The van der Waals surface area contributed by atoms with Crippen molar-refractivity contribution in [2.24, 2.45) is 28.2 Å². The highest BCUT2D eigenvalue weighted by Crippen LogP contribution is 2.61. The number of nitrogens with one attached hydrogen (secondary N) is 1. The number of nitrogens with zero attached hydrogens (tertiary/aromatic N) is 2. The van der Waals surface area contributed by atoms with Gasteiger partial charge in [0, 0.05) is 0 Å². The van der Waals surface area contributed by atoms with Crippen molar-refractivity contribution in [3.05, 3.63) is 35.4 Å². The van der Waals surface area contributed by atoms with Gasteiger partial charge >= 0.3 is 12.1 Å². The Morgan fingerprint density at radius 1 is 1.17 bits per heavy atom. The molecule has 6 nitrogen and oxygen atoms in total. The standard InChI is InChI=1S/C26H30F3N3O3/c1-34-23(33)24-11-17-9-18(12-24)21(19(10-17)13-24)32-22(31-15-30)25(7-2-8-25)35-14-16-3-5-20(6-4-16)26(27,28)29/h3-6,17-19,21H,2,7-14H2,1H3,(H,31,32). The molecule has 0 heterocycles. The molecule has 0 aliphatic heterocycles. The lowest BCUT2D eigenvalue weighted by atomic mass is 9.48. The summed E-state index contributed by atoms with van der Waals surface area (Å²) in [6.07, 6.45) is 4.42. The van der Waals surface area contributed by atoms with Gasteiger partial charge in [-0.3, -0.25) is 15.1 Å². The van der Waals surface area contributed by atoms with E-state index in [1.807, 2.05) is 6.19 Å². The number of carbonyl (C=O) groups is 1. The van der Waals surface area contributed by atoms with Gasteiger partial charge in [0.2, 0.25) is 0 Å². The predicted molar refractivity (Wildman–Crippen MR) is 121 cm³/mol. The fourth-order valence-electron chi connectivity index (χ4n) is 7.10. The van der Waals surface area contributed by atoms with Crippen LogP contribution in [0, 0.1) is 34.6 Å². The van der Waals surface area contributed by atoms with E-state index in [0.717, 1.165) is 50.7 Å². The molecular formula is C26H30F3N3O3. The van der Waals surface area contributed by atoms with Gasteiger partial charge in [-0.2, -0.15) is 18.4 Å². The van der Waals surface area contributed by atoms with Crippen molar-refractivity contribution in [2.75, 3.05) is 7.11 Å². The van der Waals surface area contributed by atoms with Crippen molar-refractivity contribution in [3.63, 3.8) is 0 Å². The highest BCUT2D eigenvalue weighted by Gasteiger charge is 2.59. The molecule has 2 atom stereocenters.